The third kappa shape index (κ3) is 5.13. The zero-order chi connectivity index (χ0) is 20.5. The number of ether oxygens (including phenoxy) is 1. The Morgan fingerprint density at radius 2 is 1.44 bits per heavy atom. The van der Waals surface area contributed by atoms with E-state index in [-0.39, 0.29) is 11.3 Å². The molecule has 1 atom stereocenters. The standard InChI is InChI=1S/C17H13F6NO3/c1-15(26,16(18,19)20)11-4-6-12(7-5-11)24-14(25)10-2-8-13(9-3-10)27-17(21,22)23/h2-9,26H,1H3,(H,24,25). The molecule has 4 nitrogen and oxygen atoms in total. The van der Waals surface area contributed by atoms with Crippen LogP contribution in [0.5, 0.6) is 5.75 Å². The van der Waals surface area contributed by atoms with Gasteiger partial charge in [0.1, 0.15) is 5.75 Å². The lowest BCUT2D eigenvalue weighted by Crippen LogP contribution is -2.39. The van der Waals surface area contributed by atoms with Gasteiger partial charge in [-0.1, -0.05) is 12.1 Å². The first-order valence-electron chi connectivity index (χ1n) is 7.36. The molecule has 0 bridgehead atoms. The van der Waals surface area contributed by atoms with Gasteiger partial charge in [0.05, 0.1) is 0 Å². The van der Waals surface area contributed by atoms with Gasteiger partial charge in [-0.3, -0.25) is 4.79 Å². The molecule has 0 aliphatic rings. The van der Waals surface area contributed by atoms with Gasteiger partial charge < -0.3 is 15.2 Å². The molecular weight excluding hydrogens is 380 g/mol. The van der Waals surface area contributed by atoms with Crippen LogP contribution >= 0.6 is 0 Å². The average molecular weight is 393 g/mol. The molecule has 10 heteroatoms. The van der Waals surface area contributed by atoms with E-state index in [2.05, 4.69) is 10.1 Å². The van der Waals surface area contributed by atoms with Gasteiger partial charge in [-0.05, 0) is 48.9 Å². The Kier molecular flexibility index (Phi) is 5.41. The van der Waals surface area contributed by atoms with Crippen molar-refractivity contribution < 1.29 is 41.0 Å². The Labute approximate surface area is 149 Å². The van der Waals surface area contributed by atoms with Crippen LogP contribution in [0, 0.1) is 0 Å². The highest BCUT2D eigenvalue weighted by molar-refractivity contribution is 6.04. The quantitative estimate of drug-likeness (QED) is 0.746. The number of rotatable bonds is 4. The highest BCUT2D eigenvalue weighted by Gasteiger charge is 2.51. The smallest absolute Gasteiger partial charge is 0.406 e. The van der Waals surface area contributed by atoms with Gasteiger partial charge in [0.2, 0.25) is 0 Å². The first kappa shape index (κ1) is 20.6. The first-order chi connectivity index (χ1) is 12.3. The van der Waals surface area contributed by atoms with Crippen LogP contribution in [0.4, 0.5) is 32.0 Å². The third-order valence-corrected chi connectivity index (χ3v) is 3.61. The maximum atomic E-state index is 12.8. The molecular formula is C17H13F6NO3. The summed E-state index contributed by atoms with van der Waals surface area (Å²) in [6, 6.07) is 8.42. The van der Waals surface area contributed by atoms with Gasteiger partial charge >= 0.3 is 12.5 Å². The Balaban J connectivity index is 2.08. The molecule has 1 amide bonds. The van der Waals surface area contributed by atoms with E-state index in [0.717, 1.165) is 48.5 Å². The van der Waals surface area contributed by atoms with Crippen molar-refractivity contribution >= 4 is 11.6 Å². The van der Waals surface area contributed by atoms with Crippen LogP contribution in [0.15, 0.2) is 48.5 Å². The molecule has 2 rings (SSSR count). The number of nitrogens with one attached hydrogen (secondary N) is 1. The molecule has 27 heavy (non-hydrogen) atoms. The minimum absolute atomic E-state index is 0.0101. The molecule has 0 fully saturated rings. The molecule has 2 aromatic carbocycles. The average Bonchev–Trinajstić information content (AvgIpc) is 2.53. The van der Waals surface area contributed by atoms with Crippen molar-refractivity contribution in [2.45, 2.75) is 25.1 Å². The molecule has 0 aromatic heterocycles. The second-order valence-corrected chi connectivity index (χ2v) is 5.67. The summed E-state index contributed by atoms with van der Waals surface area (Å²) in [4.78, 5) is 12.0. The highest BCUT2D eigenvalue weighted by Crippen LogP contribution is 2.38. The van der Waals surface area contributed by atoms with Gasteiger partial charge in [0.25, 0.3) is 5.91 Å². The number of alkyl halides is 6. The molecule has 0 saturated carbocycles. The molecule has 2 aromatic rings. The topological polar surface area (TPSA) is 58.6 Å². The first-order valence-corrected chi connectivity index (χ1v) is 7.36. The number of anilines is 1. The van der Waals surface area contributed by atoms with Gasteiger partial charge in [-0.25, -0.2) is 0 Å². The van der Waals surface area contributed by atoms with E-state index in [1.165, 1.54) is 0 Å². The van der Waals surface area contributed by atoms with Crippen molar-refractivity contribution in [3.8, 4) is 5.75 Å². The zero-order valence-corrected chi connectivity index (χ0v) is 13.7. The Morgan fingerprint density at radius 3 is 1.89 bits per heavy atom. The fraction of sp³-hybridized carbons (Fsp3) is 0.235. The van der Waals surface area contributed by atoms with Crippen LogP contribution in [0.2, 0.25) is 0 Å². The van der Waals surface area contributed by atoms with Crippen molar-refractivity contribution in [3.63, 3.8) is 0 Å². The minimum atomic E-state index is -4.88. The van der Waals surface area contributed by atoms with E-state index in [4.69, 9.17) is 0 Å². The van der Waals surface area contributed by atoms with Crippen LogP contribution in [-0.4, -0.2) is 23.6 Å². The molecule has 1 unspecified atom stereocenters. The van der Waals surface area contributed by atoms with Crippen molar-refractivity contribution in [2.24, 2.45) is 0 Å². The van der Waals surface area contributed by atoms with Gasteiger partial charge in [-0.15, -0.1) is 13.2 Å². The number of carbonyl (C=O) groups excluding carboxylic acids is 1. The Hall–Kier alpha value is -2.75. The maximum Gasteiger partial charge on any atom is 0.573 e. The molecule has 146 valence electrons. The normalized spacial score (nSPS) is 14.4. The Bertz CT molecular complexity index is 795. The minimum Gasteiger partial charge on any atom is -0.406 e. The fourth-order valence-electron chi connectivity index (χ4n) is 2.05. The third-order valence-electron chi connectivity index (χ3n) is 3.61. The number of hydrogen-bond donors (Lipinski definition) is 2. The number of halogens is 6. The van der Waals surface area contributed by atoms with E-state index >= 15 is 0 Å². The summed E-state index contributed by atoms with van der Waals surface area (Å²) in [6.45, 7) is 0.602. The lowest BCUT2D eigenvalue weighted by molar-refractivity contribution is -0.274. The van der Waals surface area contributed by atoms with Crippen LogP contribution in [0.1, 0.15) is 22.8 Å². The van der Waals surface area contributed by atoms with Crippen molar-refractivity contribution in [3.05, 3.63) is 59.7 Å². The largest absolute Gasteiger partial charge is 0.573 e. The molecule has 0 aliphatic carbocycles. The van der Waals surface area contributed by atoms with E-state index in [9.17, 15) is 36.2 Å². The lowest BCUT2D eigenvalue weighted by Gasteiger charge is -2.26. The van der Waals surface area contributed by atoms with Crippen LogP contribution in [0.25, 0.3) is 0 Å². The summed E-state index contributed by atoms with van der Waals surface area (Å²) < 4.78 is 78.3. The second kappa shape index (κ2) is 7.10. The van der Waals surface area contributed by atoms with Gasteiger partial charge in [0, 0.05) is 11.3 Å². The van der Waals surface area contributed by atoms with Gasteiger partial charge in [-0.2, -0.15) is 13.2 Å². The monoisotopic (exact) mass is 393 g/mol. The van der Waals surface area contributed by atoms with E-state index in [0.29, 0.717) is 6.92 Å². The summed E-state index contributed by atoms with van der Waals surface area (Å²) in [5.74, 6) is -1.19. The van der Waals surface area contributed by atoms with Crippen LogP contribution in [0.3, 0.4) is 0 Å². The van der Waals surface area contributed by atoms with Crippen molar-refractivity contribution in [1.82, 2.24) is 0 Å². The van der Waals surface area contributed by atoms with Gasteiger partial charge in [0.15, 0.2) is 5.60 Å². The predicted molar refractivity (Wildman–Crippen MR) is 83.1 cm³/mol. The number of carbonyl (C=O) groups is 1. The number of aliphatic hydroxyl groups is 1. The molecule has 0 saturated heterocycles. The molecule has 0 spiro atoms. The summed E-state index contributed by atoms with van der Waals surface area (Å²) in [7, 11) is 0. The predicted octanol–water partition coefficient (Wildman–Crippen LogP) is 4.61. The van der Waals surface area contributed by atoms with E-state index in [1.54, 1.807) is 0 Å². The lowest BCUT2D eigenvalue weighted by atomic mass is 9.95. The summed E-state index contributed by atoms with van der Waals surface area (Å²) in [5.41, 5.74) is -3.32. The molecule has 0 heterocycles. The molecule has 0 aliphatic heterocycles. The van der Waals surface area contributed by atoms with Crippen molar-refractivity contribution in [1.29, 1.82) is 0 Å². The second-order valence-electron chi connectivity index (χ2n) is 5.67. The van der Waals surface area contributed by atoms with Crippen molar-refractivity contribution in [2.75, 3.05) is 5.32 Å². The molecule has 2 N–H and O–H groups in total. The summed E-state index contributed by atoms with van der Waals surface area (Å²) >= 11 is 0. The van der Waals surface area contributed by atoms with E-state index in [1.807, 2.05) is 0 Å². The summed E-state index contributed by atoms with van der Waals surface area (Å²) in [5, 5.41) is 12.0. The summed E-state index contributed by atoms with van der Waals surface area (Å²) in [6.07, 6.45) is -9.73. The highest BCUT2D eigenvalue weighted by atomic mass is 19.4. The maximum absolute atomic E-state index is 12.8. The number of hydrogen-bond acceptors (Lipinski definition) is 3. The fourth-order valence-corrected chi connectivity index (χ4v) is 2.05. The number of benzene rings is 2. The Morgan fingerprint density at radius 1 is 0.926 bits per heavy atom. The van der Waals surface area contributed by atoms with Crippen LogP contribution < -0.4 is 10.1 Å². The molecule has 0 radical (unpaired) electrons. The van der Waals surface area contributed by atoms with Crippen LogP contribution in [-0.2, 0) is 5.60 Å². The number of amides is 1. The van der Waals surface area contributed by atoms with E-state index < -0.39 is 35.4 Å². The zero-order valence-electron chi connectivity index (χ0n) is 13.7. The SMILES string of the molecule is CC(O)(c1ccc(NC(=O)c2ccc(OC(F)(F)F)cc2)cc1)C(F)(F)F.